The average molecular weight is 457 g/mol. The van der Waals surface area contributed by atoms with Crippen LogP contribution < -0.4 is 19.7 Å². The van der Waals surface area contributed by atoms with Gasteiger partial charge in [0.05, 0.1) is 31.2 Å². The van der Waals surface area contributed by atoms with E-state index >= 15 is 0 Å². The summed E-state index contributed by atoms with van der Waals surface area (Å²) in [5.41, 5.74) is 4.47. The number of hydrogen-bond acceptors (Lipinski definition) is 5. The molecular formula is C28H28N2O4. The predicted molar refractivity (Wildman–Crippen MR) is 134 cm³/mol. The number of nitrogens with zero attached hydrogens (tertiary/aromatic N) is 1. The minimum atomic E-state index is -0.421. The fourth-order valence-corrected chi connectivity index (χ4v) is 3.91. The lowest BCUT2D eigenvalue weighted by atomic mass is 10.0. The summed E-state index contributed by atoms with van der Waals surface area (Å²) >= 11 is 0. The number of nitrogens with one attached hydrogen (secondary N) is 1. The third-order valence-electron chi connectivity index (χ3n) is 5.91. The Labute approximate surface area is 199 Å². The van der Waals surface area contributed by atoms with Gasteiger partial charge in [0.25, 0.3) is 11.8 Å². The minimum absolute atomic E-state index is 0.199. The summed E-state index contributed by atoms with van der Waals surface area (Å²) in [7, 11) is 3.11. The van der Waals surface area contributed by atoms with Crippen molar-refractivity contribution >= 4 is 28.8 Å². The van der Waals surface area contributed by atoms with Crippen LogP contribution in [0.15, 0.2) is 72.4 Å². The lowest BCUT2D eigenvalue weighted by Gasteiger charge is -2.17. The topological polar surface area (TPSA) is 67.9 Å². The summed E-state index contributed by atoms with van der Waals surface area (Å²) in [4.78, 5) is 28.5. The molecule has 0 unspecified atom stereocenters. The highest BCUT2D eigenvalue weighted by atomic mass is 16.5. The number of rotatable bonds is 7. The number of hydrogen-bond donors (Lipinski definition) is 1. The molecule has 0 atom stereocenters. The summed E-state index contributed by atoms with van der Waals surface area (Å²) in [6.07, 6.45) is 0. The number of carbonyl (C=O) groups excluding carboxylic acids is 2. The maximum atomic E-state index is 13.6. The van der Waals surface area contributed by atoms with E-state index in [0.29, 0.717) is 39.9 Å². The smallest absolute Gasteiger partial charge is 0.282 e. The van der Waals surface area contributed by atoms with Crippen molar-refractivity contribution in [1.82, 2.24) is 0 Å². The molecule has 0 aliphatic carbocycles. The van der Waals surface area contributed by atoms with Crippen molar-refractivity contribution in [3.05, 3.63) is 89.1 Å². The largest absolute Gasteiger partial charge is 0.497 e. The van der Waals surface area contributed by atoms with Gasteiger partial charge in [0.2, 0.25) is 0 Å². The van der Waals surface area contributed by atoms with E-state index in [2.05, 4.69) is 19.2 Å². The van der Waals surface area contributed by atoms with E-state index in [1.165, 1.54) is 4.90 Å². The van der Waals surface area contributed by atoms with Gasteiger partial charge in [0.1, 0.15) is 17.2 Å². The molecule has 1 aliphatic heterocycles. The van der Waals surface area contributed by atoms with E-state index in [1.807, 2.05) is 55.5 Å². The van der Waals surface area contributed by atoms with Crippen molar-refractivity contribution in [2.45, 2.75) is 26.7 Å². The van der Waals surface area contributed by atoms with Crippen LogP contribution >= 0.6 is 0 Å². The fourth-order valence-electron chi connectivity index (χ4n) is 3.91. The van der Waals surface area contributed by atoms with E-state index in [-0.39, 0.29) is 11.6 Å². The van der Waals surface area contributed by atoms with Crippen LogP contribution in [0.5, 0.6) is 11.5 Å². The van der Waals surface area contributed by atoms with Crippen molar-refractivity contribution in [3.63, 3.8) is 0 Å². The van der Waals surface area contributed by atoms with Crippen LogP contribution in [0.3, 0.4) is 0 Å². The average Bonchev–Trinajstić information content (AvgIpc) is 3.09. The Balaban J connectivity index is 1.80. The van der Waals surface area contributed by atoms with Crippen molar-refractivity contribution < 1.29 is 19.1 Å². The molecule has 0 fully saturated rings. The van der Waals surface area contributed by atoms with Gasteiger partial charge in [-0.1, -0.05) is 55.8 Å². The maximum Gasteiger partial charge on any atom is 0.282 e. The van der Waals surface area contributed by atoms with E-state index in [1.54, 1.807) is 32.4 Å². The molecule has 6 nitrogen and oxygen atoms in total. The van der Waals surface area contributed by atoms with E-state index in [0.717, 1.165) is 11.1 Å². The normalized spacial score (nSPS) is 13.6. The summed E-state index contributed by atoms with van der Waals surface area (Å²) in [6.45, 7) is 6.18. The van der Waals surface area contributed by atoms with Crippen LogP contribution in [0.4, 0.5) is 11.4 Å². The fraction of sp³-hybridized carbons (Fsp3) is 0.214. The number of aryl methyl sites for hydroxylation is 1. The second-order valence-corrected chi connectivity index (χ2v) is 8.50. The Bertz CT molecular complexity index is 1260. The number of benzene rings is 3. The zero-order chi connectivity index (χ0) is 24.4. The second-order valence-electron chi connectivity index (χ2n) is 8.50. The number of amides is 2. The second kappa shape index (κ2) is 9.43. The first kappa shape index (κ1) is 23.1. The maximum absolute atomic E-state index is 13.6. The summed E-state index contributed by atoms with van der Waals surface area (Å²) in [5, 5.41) is 3.17. The van der Waals surface area contributed by atoms with Crippen molar-refractivity contribution in [1.29, 1.82) is 0 Å². The van der Waals surface area contributed by atoms with Crippen LogP contribution in [0, 0.1) is 6.92 Å². The van der Waals surface area contributed by atoms with Gasteiger partial charge >= 0.3 is 0 Å². The molecule has 3 aromatic carbocycles. The van der Waals surface area contributed by atoms with Crippen molar-refractivity contribution in [2.24, 2.45) is 0 Å². The van der Waals surface area contributed by atoms with Crippen LogP contribution in [0.1, 0.15) is 36.5 Å². The van der Waals surface area contributed by atoms with E-state index in [4.69, 9.17) is 9.47 Å². The molecule has 0 radical (unpaired) electrons. The molecule has 0 spiro atoms. The third-order valence-corrected chi connectivity index (χ3v) is 5.91. The molecule has 6 heteroatoms. The summed E-state index contributed by atoms with van der Waals surface area (Å²) < 4.78 is 10.8. The van der Waals surface area contributed by atoms with Crippen molar-refractivity contribution in [2.75, 3.05) is 24.4 Å². The Hall–Kier alpha value is -4.06. The number of anilines is 2. The number of methoxy groups -OCH3 is 2. The Morgan fingerprint density at radius 2 is 1.50 bits per heavy atom. The SMILES string of the molecule is COc1ccc(NC2=C(c3ccc(C)cc3)C(=O)N(c3ccc(C(C)C)cc3)C2=O)c(OC)c1. The molecule has 4 rings (SSSR count). The zero-order valence-corrected chi connectivity index (χ0v) is 20.0. The predicted octanol–water partition coefficient (Wildman–Crippen LogP) is 5.53. The van der Waals surface area contributed by atoms with Crippen LogP contribution in [0.25, 0.3) is 5.57 Å². The third kappa shape index (κ3) is 4.27. The first-order chi connectivity index (χ1) is 16.3. The molecule has 0 aromatic heterocycles. The highest BCUT2D eigenvalue weighted by Gasteiger charge is 2.40. The highest BCUT2D eigenvalue weighted by Crippen LogP contribution is 2.37. The van der Waals surface area contributed by atoms with Gasteiger partial charge < -0.3 is 14.8 Å². The van der Waals surface area contributed by atoms with E-state index in [9.17, 15) is 9.59 Å². The first-order valence-corrected chi connectivity index (χ1v) is 11.1. The number of ether oxygens (including phenoxy) is 2. The molecule has 174 valence electrons. The van der Waals surface area contributed by atoms with Crippen LogP contribution in [0.2, 0.25) is 0 Å². The quantitative estimate of drug-likeness (QED) is 0.473. The molecule has 0 bridgehead atoms. The molecular weight excluding hydrogens is 428 g/mol. The Kier molecular flexibility index (Phi) is 6.41. The van der Waals surface area contributed by atoms with Crippen LogP contribution in [-0.4, -0.2) is 26.0 Å². The number of imide groups is 1. The van der Waals surface area contributed by atoms with Gasteiger partial charge in [-0.15, -0.1) is 0 Å². The monoisotopic (exact) mass is 456 g/mol. The molecule has 0 saturated carbocycles. The highest BCUT2D eigenvalue weighted by molar-refractivity contribution is 6.46. The lowest BCUT2D eigenvalue weighted by molar-refractivity contribution is -0.120. The molecule has 34 heavy (non-hydrogen) atoms. The molecule has 1 aliphatic rings. The van der Waals surface area contributed by atoms with Gasteiger partial charge in [-0.25, -0.2) is 4.90 Å². The van der Waals surface area contributed by atoms with Gasteiger partial charge in [-0.2, -0.15) is 0 Å². The Morgan fingerprint density at radius 3 is 2.09 bits per heavy atom. The summed E-state index contributed by atoms with van der Waals surface area (Å²) in [5.74, 6) is 0.669. The molecule has 2 amide bonds. The van der Waals surface area contributed by atoms with E-state index < -0.39 is 5.91 Å². The molecule has 0 saturated heterocycles. The number of carbonyl (C=O) groups is 2. The molecule has 3 aromatic rings. The minimum Gasteiger partial charge on any atom is -0.497 e. The van der Waals surface area contributed by atoms with Gasteiger partial charge in [-0.05, 0) is 48.2 Å². The molecule has 1 N–H and O–H groups in total. The van der Waals surface area contributed by atoms with Gasteiger partial charge in [0, 0.05) is 6.07 Å². The van der Waals surface area contributed by atoms with Crippen molar-refractivity contribution in [3.8, 4) is 11.5 Å². The van der Waals surface area contributed by atoms with Crippen LogP contribution in [-0.2, 0) is 9.59 Å². The summed E-state index contributed by atoms with van der Waals surface area (Å²) in [6, 6.07) is 20.3. The first-order valence-electron chi connectivity index (χ1n) is 11.1. The Morgan fingerprint density at radius 1 is 0.824 bits per heavy atom. The molecule has 1 heterocycles. The lowest BCUT2D eigenvalue weighted by Crippen LogP contribution is -2.32. The van der Waals surface area contributed by atoms with Gasteiger partial charge in [0.15, 0.2) is 0 Å². The zero-order valence-electron chi connectivity index (χ0n) is 20.0. The standard InChI is InChI=1S/C28H28N2O4/c1-17(2)19-10-12-21(13-11-19)30-27(31)25(20-8-6-18(3)7-9-20)26(28(30)32)29-23-15-14-22(33-4)16-24(23)34-5/h6-17,29H,1-5H3. The van der Waals surface area contributed by atoms with Gasteiger partial charge in [-0.3, -0.25) is 9.59 Å².